The number of epoxide rings is 1. The lowest BCUT2D eigenvalue weighted by Gasteiger charge is -2.44. The van der Waals surface area contributed by atoms with Gasteiger partial charge in [0.1, 0.15) is 6.10 Å². The zero-order valence-corrected chi connectivity index (χ0v) is 57.2. The van der Waals surface area contributed by atoms with Crippen LogP contribution in [0.4, 0.5) is 0 Å². The van der Waals surface area contributed by atoms with Gasteiger partial charge in [-0.15, -0.1) is 0 Å². The third-order valence-electron chi connectivity index (χ3n) is 9.92. The third kappa shape index (κ3) is 54.9. The molecule has 1 aliphatic rings. The maximum atomic E-state index is 10.3. The van der Waals surface area contributed by atoms with Crippen molar-refractivity contribution in [3.8, 4) is 0 Å². The molecule has 0 bridgehead atoms. The van der Waals surface area contributed by atoms with E-state index in [1.54, 1.807) is 0 Å². The Morgan fingerprint density at radius 1 is 0.420 bits per heavy atom. The number of hydrogen-bond donors (Lipinski definition) is 7. The van der Waals surface area contributed by atoms with Gasteiger partial charge in [0.25, 0.3) is 0 Å². The number of aliphatic hydroxyl groups excluding tert-OH is 1. The fourth-order valence-corrected chi connectivity index (χ4v) is 49.3. The largest absolute Gasteiger partial charge is 0.437 e. The first-order chi connectivity index (χ1) is 32.5. The van der Waals surface area contributed by atoms with Gasteiger partial charge >= 0.3 is 42.8 Å². The lowest BCUT2D eigenvalue weighted by atomic mass is 10.1. The van der Waals surface area contributed by atoms with Crippen molar-refractivity contribution in [3.05, 3.63) is 71.8 Å². The van der Waals surface area contributed by atoms with Crippen molar-refractivity contribution < 1.29 is 38.6 Å². The van der Waals surface area contributed by atoms with Crippen LogP contribution in [0.25, 0.3) is 0 Å². The van der Waals surface area contributed by atoms with E-state index in [0.29, 0.717) is 25.7 Å². The minimum absolute atomic E-state index is 0. The molecule has 0 radical (unpaired) electrons. The summed E-state index contributed by atoms with van der Waals surface area (Å²) in [4.78, 5) is 0. The lowest BCUT2D eigenvalue weighted by Crippen LogP contribution is -2.60. The molecular formula is C57H146N6O9Si9. The summed E-state index contributed by atoms with van der Waals surface area (Å²) in [6.45, 7) is 50.3. The van der Waals surface area contributed by atoms with Gasteiger partial charge in [0, 0.05) is 63.9 Å². The molecule has 24 heteroatoms. The Hall–Kier alpha value is -0.208. The third-order valence-corrected chi connectivity index (χ3v) is 41.4. The van der Waals surface area contributed by atoms with E-state index in [9.17, 15) is 5.11 Å². The second-order valence-electron chi connectivity index (χ2n) is 23.8. The Balaban J connectivity index is -0.000000131. The first-order valence-corrected chi connectivity index (χ1v) is 52.9. The van der Waals surface area contributed by atoms with Gasteiger partial charge in [0.2, 0.25) is 0 Å². The average Bonchev–Trinajstić information content (AvgIpc) is 4.04. The standard InChI is InChI=1S/C26H60N4O5Si5.C13H38N2O3Si4.C8H8O.10CH4/c1-36(2,3)32-39(9,22-20-28-17-16-27)34-38(7,8)35-40(10,33-37(4,5)6)23-21-29-18-19-30-24-26(31)25-14-12-11-13-15-25;1-19(2,3)16-21(7,8)18-22(9,17-20(4,5)6)13-12-15-11-10-14;1-2-4-7(5-3-1)8-6-9-8;;;;;;;;;;/h11-15,26,28-31H,16-24,27H2,1-10H3;15H,10-14H2,1-9H3;1-5,8H,6H2;10*1H4. The molecule has 1 heterocycles. The maximum absolute atomic E-state index is 10.3. The first-order valence-electron chi connectivity index (χ1n) is 26.1. The molecular weight excluding hydrogens is 1170 g/mol. The van der Waals surface area contributed by atoms with Gasteiger partial charge in [-0.2, -0.15) is 0 Å². The van der Waals surface area contributed by atoms with Crippen molar-refractivity contribution >= 4 is 76.1 Å². The van der Waals surface area contributed by atoms with Gasteiger partial charge in [0.05, 0.1) is 12.7 Å². The Morgan fingerprint density at radius 3 is 1.00 bits per heavy atom. The summed E-state index contributed by atoms with van der Waals surface area (Å²) in [5.74, 6) is 0. The summed E-state index contributed by atoms with van der Waals surface area (Å²) in [5.41, 5.74) is 13.4. The van der Waals surface area contributed by atoms with E-state index in [1.807, 2.05) is 48.5 Å². The van der Waals surface area contributed by atoms with Crippen molar-refractivity contribution in [2.24, 2.45) is 11.5 Å². The number of rotatable bonds is 34. The molecule has 5 atom stereocenters. The fraction of sp³-hybridized carbons (Fsp3) is 0.789. The topological polar surface area (TPSA) is 198 Å². The minimum Gasteiger partial charge on any atom is -0.437 e. The summed E-state index contributed by atoms with van der Waals surface area (Å²) >= 11 is 0. The highest BCUT2D eigenvalue weighted by molar-refractivity contribution is 6.91. The molecule has 0 amide bonds. The van der Waals surface area contributed by atoms with Crippen LogP contribution in [0.5, 0.6) is 0 Å². The minimum atomic E-state index is -2.57. The van der Waals surface area contributed by atoms with Gasteiger partial charge in [-0.25, -0.2) is 0 Å². The molecule has 0 spiro atoms. The molecule has 3 rings (SSSR count). The Labute approximate surface area is 517 Å². The molecule has 494 valence electrons. The van der Waals surface area contributed by atoms with E-state index < -0.39 is 82.2 Å². The van der Waals surface area contributed by atoms with Gasteiger partial charge in [-0.3, -0.25) is 0 Å². The molecule has 81 heavy (non-hydrogen) atoms. The van der Waals surface area contributed by atoms with Crippen LogP contribution in [0.3, 0.4) is 0 Å². The Kier molecular flexibility index (Phi) is 60.6. The second kappa shape index (κ2) is 47.8. The van der Waals surface area contributed by atoms with Gasteiger partial charge in [-0.05, 0) is 155 Å². The number of hydrogen-bond acceptors (Lipinski definition) is 15. The average molecular weight is 1310 g/mol. The van der Waals surface area contributed by atoms with E-state index in [1.165, 1.54) is 5.56 Å². The van der Waals surface area contributed by atoms with E-state index in [-0.39, 0.29) is 74.3 Å². The highest BCUT2D eigenvalue weighted by Crippen LogP contribution is 2.31. The van der Waals surface area contributed by atoms with E-state index in [4.69, 9.17) is 45.0 Å². The highest BCUT2D eigenvalue weighted by Gasteiger charge is 2.48. The van der Waals surface area contributed by atoms with Gasteiger partial charge < -0.3 is 71.4 Å². The van der Waals surface area contributed by atoms with Crippen LogP contribution in [-0.4, -0.2) is 153 Å². The summed E-state index contributed by atoms with van der Waals surface area (Å²) in [7, 11) is -18.9. The van der Waals surface area contributed by atoms with Crippen LogP contribution in [0.15, 0.2) is 60.7 Å². The quantitative estimate of drug-likeness (QED) is 0.0198. The van der Waals surface area contributed by atoms with Crippen molar-refractivity contribution in [3.63, 3.8) is 0 Å². The monoisotopic (exact) mass is 1310 g/mol. The molecule has 0 aliphatic carbocycles. The predicted octanol–water partition coefficient (Wildman–Crippen LogP) is 15.2. The van der Waals surface area contributed by atoms with E-state index in [2.05, 4.69) is 158 Å². The number of benzene rings is 2. The van der Waals surface area contributed by atoms with Gasteiger partial charge in [-0.1, -0.05) is 135 Å². The number of nitrogens with two attached hydrogens (primary N) is 2. The molecule has 1 aliphatic heterocycles. The lowest BCUT2D eigenvalue weighted by molar-refractivity contribution is 0.175. The van der Waals surface area contributed by atoms with Crippen LogP contribution in [0, 0.1) is 0 Å². The molecule has 2 aromatic carbocycles. The van der Waals surface area contributed by atoms with Crippen molar-refractivity contribution in [2.75, 3.05) is 72.1 Å². The normalized spacial score (nSPS) is 15.5. The van der Waals surface area contributed by atoms with E-state index >= 15 is 0 Å². The summed E-state index contributed by atoms with van der Waals surface area (Å²) in [5, 5.41) is 24.0. The van der Waals surface area contributed by atoms with Crippen LogP contribution >= 0.6 is 0 Å². The van der Waals surface area contributed by atoms with E-state index in [0.717, 1.165) is 76.1 Å². The summed E-state index contributed by atoms with van der Waals surface area (Å²) < 4.78 is 51.9. The first kappa shape index (κ1) is 103. The van der Waals surface area contributed by atoms with Gasteiger partial charge in [0.15, 0.2) is 33.3 Å². The number of ether oxygens (including phenoxy) is 1. The number of nitrogens with one attached hydrogen (secondary N) is 4. The molecule has 9 N–H and O–H groups in total. The molecule has 15 nitrogen and oxygen atoms in total. The molecule has 5 unspecified atom stereocenters. The molecule has 1 fully saturated rings. The molecule has 0 aromatic heterocycles. The van der Waals surface area contributed by atoms with Crippen LogP contribution < -0.4 is 32.7 Å². The predicted molar refractivity (Wildman–Crippen MR) is 389 cm³/mol. The smallest absolute Gasteiger partial charge is 0.317 e. The Bertz CT molecular complexity index is 1720. The zero-order chi connectivity index (χ0) is 54.3. The molecule has 2 aromatic rings. The van der Waals surface area contributed by atoms with Crippen molar-refractivity contribution in [1.82, 2.24) is 21.3 Å². The SMILES string of the molecule is C.C.C.C.C.C.C.C.C.C.C[Si](C)(C)O[Si](C)(C)O[Si](C)(CCNCCN)O[Si](C)(C)C.C[Si](C)(C)O[Si](C)(CCNCCN)O[Si](C)(C)O[Si](C)(CCNCCNCC(O)c1ccccc1)O[Si](C)(C)C.c1ccc(C2CO2)cc1. The Morgan fingerprint density at radius 2 is 0.704 bits per heavy atom. The highest BCUT2D eigenvalue weighted by atomic mass is 28.5. The van der Waals surface area contributed by atoms with Crippen molar-refractivity contribution in [1.29, 1.82) is 0 Å². The molecule has 0 saturated carbocycles. The molecule has 1 saturated heterocycles. The number of aliphatic hydroxyl groups is 1. The van der Waals surface area contributed by atoms with Crippen LogP contribution in [-0.2, 0) is 33.5 Å². The van der Waals surface area contributed by atoms with Crippen molar-refractivity contribution in [2.45, 2.75) is 229 Å². The second-order valence-corrected chi connectivity index (χ2v) is 60.3. The van der Waals surface area contributed by atoms with Crippen LogP contribution in [0.1, 0.15) is 97.6 Å². The fourth-order valence-electron chi connectivity index (χ4n) is 8.29. The zero-order valence-electron chi connectivity index (χ0n) is 48.2. The summed E-state index contributed by atoms with van der Waals surface area (Å²) in [6.07, 6.45) is -0.0931. The maximum Gasteiger partial charge on any atom is 0.317 e. The summed E-state index contributed by atoms with van der Waals surface area (Å²) in [6, 6.07) is 22.7. The van der Waals surface area contributed by atoms with Crippen LogP contribution in [0.2, 0.25) is 143 Å².